The van der Waals surface area contributed by atoms with E-state index in [4.69, 9.17) is 17.0 Å². The number of hydrogen-bond acceptors (Lipinski definition) is 3. The molecule has 0 saturated carbocycles. The number of H-pyrrole nitrogens is 1. The summed E-state index contributed by atoms with van der Waals surface area (Å²) in [7, 11) is 0. The summed E-state index contributed by atoms with van der Waals surface area (Å²) in [6.07, 6.45) is 2.20. The molecule has 1 saturated heterocycles. The Morgan fingerprint density at radius 2 is 1.94 bits per heavy atom. The predicted molar refractivity (Wildman–Crippen MR) is 131 cm³/mol. The quantitative estimate of drug-likeness (QED) is 0.562. The summed E-state index contributed by atoms with van der Waals surface area (Å²) in [6, 6.07) is 14.3. The average molecular weight is 436 g/mol. The number of hydrogen-bond donors (Lipinski definition) is 2. The second kappa shape index (κ2) is 9.20. The predicted octanol–water partition coefficient (Wildman–Crippen LogP) is 4.83. The number of fused-ring (bicyclic) bond motifs is 1. The van der Waals surface area contributed by atoms with Crippen molar-refractivity contribution in [2.75, 3.05) is 18.5 Å². The number of aromatic nitrogens is 1. The molecular formula is C25H29N3O2S. The minimum atomic E-state index is -0.0759. The van der Waals surface area contributed by atoms with Crippen molar-refractivity contribution in [1.29, 1.82) is 0 Å². The van der Waals surface area contributed by atoms with Crippen LogP contribution in [-0.2, 0) is 11.3 Å². The fraction of sp³-hybridized carbons (Fsp3) is 0.360. The first kappa shape index (κ1) is 21.5. The monoisotopic (exact) mass is 435 g/mol. The van der Waals surface area contributed by atoms with Crippen molar-refractivity contribution < 1.29 is 4.74 Å². The lowest BCUT2D eigenvalue weighted by molar-refractivity contribution is 0.0904. The van der Waals surface area contributed by atoms with Crippen molar-refractivity contribution in [2.45, 2.75) is 46.3 Å². The molecule has 0 radical (unpaired) electrons. The molecule has 162 valence electrons. The Bertz CT molecular complexity index is 1150. The lowest BCUT2D eigenvalue weighted by Crippen LogP contribution is -2.40. The third kappa shape index (κ3) is 5.14. The molecule has 5 nitrogen and oxygen atoms in total. The summed E-state index contributed by atoms with van der Waals surface area (Å²) >= 11 is 5.75. The van der Waals surface area contributed by atoms with Crippen molar-refractivity contribution in [2.24, 2.45) is 0 Å². The summed E-state index contributed by atoms with van der Waals surface area (Å²) in [6.45, 7) is 8.04. The van der Waals surface area contributed by atoms with Crippen LogP contribution < -0.4 is 10.9 Å². The van der Waals surface area contributed by atoms with E-state index in [9.17, 15) is 4.79 Å². The standard InChI is InChI=1S/C25H29N3O2S/c1-16-6-8-20(9-7-16)26-25(31)28(15-21-5-4-10-30-21)14-19-13-22-18(3)11-17(2)12-23(22)27-24(19)29/h6-9,11-13,21H,4-5,10,14-15H2,1-3H3,(H,26,31)(H,27,29). The van der Waals surface area contributed by atoms with Gasteiger partial charge in [0.1, 0.15) is 0 Å². The highest BCUT2D eigenvalue weighted by Crippen LogP contribution is 2.21. The lowest BCUT2D eigenvalue weighted by Gasteiger charge is -2.28. The van der Waals surface area contributed by atoms with Crippen LogP contribution in [0, 0.1) is 20.8 Å². The zero-order chi connectivity index (χ0) is 22.0. The fourth-order valence-electron chi connectivity index (χ4n) is 4.13. The molecule has 3 aromatic rings. The van der Waals surface area contributed by atoms with E-state index >= 15 is 0 Å². The average Bonchev–Trinajstić information content (AvgIpc) is 3.23. The number of ether oxygens (including phenoxy) is 1. The number of aryl methyl sites for hydroxylation is 3. The maximum Gasteiger partial charge on any atom is 0.253 e. The molecule has 1 unspecified atom stereocenters. The lowest BCUT2D eigenvalue weighted by atomic mass is 10.0. The molecule has 6 heteroatoms. The molecule has 0 spiro atoms. The van der Waals surface area contributed by atoms with Crippen LogP contribution >= 0.6 is 12.2 Å². The van der Waals surface area contributed by atoms with Crippen LogP contribution in [-0.4, -0.2) is 34.3 Å². The van der Waals surface area contributed by atoms with Crippen LogP contribution in [0.2, 0.25) is 0 Å². The van der Waals surface area contributed by atoms with Gasteiger partial charge < -0.3 is 19.9 Å². The molecule has 1 atom stereocenters. The highest BCUT2D eigenvalue weighted by atomic mass is 32.1. The molecule has 4 rings (SSSR count). The summed E-state index contributed by atoms with van der Waals surface area (Å²) in [5.41, 5.74) is 5.92. The molecule has 1 aromatic heterocycles. The number of anilines is 1. The van der Waals surface area contributed by atoms with Gasteiger partial charge in [-0.05, 0) is 81.2 Å². The maximum absolute atomic E-state index is 12.9. The number of nitrogens with one attached hydrogen (secondary N) is 2. The Balaban J connectivity index is 1.62. The third-order valence-electron chi connectivity index (χ3n) is 5.79. The normalized spacial score (nSPS) is 15.9. The molecule has 0 aliphatic carbocycles. The van der Waals surface area contributed by atoms with Gasteiger partial charge in [0.15, 0.2) is 5.11 Å². The molecule has 2 aromatic carbocycles. The van der Waals surface area contributed by atoms with Crippen molar-refractivity contribution in [3.63, 3.8) is 0 Å². The van der Waals surface area contributed by atoms with Crippen molar-refractivity contribution in [1.82, 2.24) is 9.88 Å². The highest BCUT2D eigenvalue weighted by molar-refractivity contribution is 7.80. The SMILES string of the molecule is Cc1ccc(NC(=S)N(Cc2cc3c(C)cc(C)cc3[nH]c2=O)CC2CCCO2)cc1. The van der Waals surface area contributed by atoms with E-state index in [2.05, 4.69) is 30.2 Å². The molecule has 31 heavy (non-hydrogen) atoms. The number of nitrogens with zero attached hydrogens (tertiary/aromatic N) is 1. The Hall–Kier alpha value is -2.70. The van der Waals surface area contributed by atoms with Gasteiger partial charge in [-0.25, -0.2) is 0 Å². The van der Waals surface area contributed by atoms with Crippen LogP contribution in [0.15, 0.2) is 47.3 Å². The molecule has 1 fully saturated rings. The van der Waals surface area contributed by atoms with Crippen molar-refractivity contribution >= 4 is 33.9 Å². The fourth-order valence-corrected chi connectivity index (χ4v) is 4.39. The van der Waals surface area contributed by atoms with E-state index < -0.39 is 0 Å². The van der Waals surface area contributed by atoms with Crippen molar-refractivity contribution in [3.8, 4) is 0 Å². The van der Waals surface area contributed by atoms with Gasteiger partial charge in [-0.15, -0.1) is 0 Å². The van der Waals surface area contributed by atoms with Crippen LogP contribution in [0.25, 0.3) is 10.9 Å². The van der Waals surface area contributed by atoms with Gasteiger partial charge in [0.2, 0.25) is 0 Å². The van der Waals surface area contributed by atoms with Gasteiger partial charge in [0, 0.05) is 35.3 Å². The first-order chi connectivity index (χ1) is 14.9. The van der Waals surface area contributed by atoms with Crippen LogP contribution in [0.5, 0.6) is 0 Å². The second-order valence-electron chi connectivity index (χ2n) is 8.48. The van der Waals surface area contributed by atoms with E-state index in [0.29, 0.717) is 23.8 Å². The van der Waals surface area contributed by atoms with Gasteiger partial charge >= 0.3 is 0 Å². The first-order valence-electron chi connectivity index (χ1n) is 10.8. The van der Waals surface area contributed by atoms with E-state index in [0.717, 1.165) is 47.2 Å². The molecule has 1 aliphatic rings. The maximum atomic E-state index is 12.9. The Labute approximate surface area is 188 Å². The van der Waals surface area contributed by atoms with Gasteiger partial charge in [-0.3, -0.25) is 4.79 Å². The minimum Gasteiger partial charge on any atom is -0.376 e. The van der Waals surface area contributed by atoms with Gasteiger partial charge in [0.05, 0.1) is 12.6 Å². The largest absolute Gasteiger partial charge is 0.376 e. The molecule has 1 aliphatic heterocycles. The number of benzene rings is 2. The smallest absolute Gasteiger partial charge is 0.253 e. The van der Waals surface area contributed by atoms with Gasteiger partial charge in [-0.1, -0.05) is 23.8 Å². The third-order valence-corrected chi connectivity index (χ3v) is 6.15. The van der Waals surface area contributed by atoms with Gasteiger partial charge in [0.25, 0.3) is 5.56 Å². The van der Waals surface area contributed by atoms with Crippen LogP contribution in [0.3, 0.4) is 0 Å². The first-order valence-corrected chi connectivity index (χ1v) is 11.2. The van der Waals surface area contributed by atoms with E-state index in [1.165, 1.54) is 5.56 Å². The molecule has 2 N–H and O–H groups in total. The Morgan fingerprint density at radius 1 is 1.16 bits per heavy atom. The van der Waals surface area contributed by atoms with Crippen LogP contribution in [0.4, 0.5) is 5.69 Å². The zero-order valence-corrected chi connectivity index (χ0v) is 19.1. The number of pyridine rings is 1. The molecule has 0 amide bonds. The minimum absolute atomic E-state index is 0.0759. The zero-order valence-electron chi connectivity index (χ0n) is 18.3. The van der Waals surface area contributed by atoms with E-state index in [-0.39, 0.29) is 11.7 Å². The van der Waals surface area contributed by atoms with E-state index in [1.54, 1.807) is 0 Å². The number of aromatic amines is 1. The summed E-state index contributed by atoms with van der Waals surface area (Å²) < 4.78 is 5.85. The number of thiocarbonyl (C=S) groups is 1. The topological polar surface area (TPSA) is 57.4 Å². The Morgan fingerprint density at radius 3 is 2.65 bits per heavy atom. The summed E-state index contributed by atoms with van der Waals surface area (Å²) in [5.74, 6) is 0. The summed E-state index contributed by atoms with van der Waals surface area (Å²) in [5, 5.41) is 4.99. The molecular weight excluding hydrogens is 406 g/mol. The molecule has 2 heterocycles. The summed E-state index contributed by atoms with van der Waals surface area (Å²) in [4.78, 5) is 18.0. The van der Waals surface area contributed by atoms with E-state index in [1.807, 2.05) is 48.2 Å². The molecule has 0 bridgehead atoms. The van der Waals surface area contributed by atoms with Crippen molar-refractivity contribution in [3.05, 3.63) is 75.1 Å². The highest BCUT2D eigenvalue weighted by Gasteiger charge is 2.22. The van der Waals surface area contributed by atoms with Crippen LogP contribution in [0.1, 0.15) is 35.1 Å². The van der Waals surface area contributed by atoms with Gasteiger partial charge in [-0.2, -0.15) is 0 Å². The second-order valence-corrected chi connectivity index (χ2v) is 8.87. The number of rotatable bonds is 5. The Kier molecular flexibility index (Phi) is 6.39.